The maximum Gasteiger partial charge on any atom is 0.350 e. The Balaban J connectivity index is 0.000000960. The first-order valence-corrected chi connectivity index (χ1v) is 9.60. The fraction of sp³-hybridized carbons (Fsp3) is 0.364. The first-order valence-electron chi connectivity index (χ1n) is 9.22. The lowest BCUT2D eigenvalue weighted by Gasteiger charge is -2.25. The van der Waals surface area contributed by atoms with Crippen molar-refractivity contribution in [2.24, 2.45) is 5.73 Å². The molecule has 0 saturated carbocycles. The van der Waals surface area contributed by atoms with Crippen LogP contribution in [-0.4, -0.2) is 41.7 Å². The Morgan fingerprint density at radius 2 is 1.48 bits per heavy atom. The van der Waals surface area contributed by atoms with Gasteiger partial charge in [-0.2, -0.15) is 0 Å². The predicted octanol–water partition coefficient (Wildman–Crippen LogP) is 3.62. The maximum absolute atomic E-state index is 12.4. The summed E-state index contributed by atoms with van der Waals surface area (Å²) < 4.78 is 10.9. The van der Waals surface area contributed by atoms with E-state index in [4.69, 9.17) is 31.9 Å². The smallest absolute Gasteiger partial charge is 0.350 e. The second-order valence-electron chi connectivity index (χ2n) is 6.94. The first-order chi connectivity index (χ1) is 13.6. The van der Waals surface area contributed by atoms with Crippen LogP contribution in [0.15, 0.2) is 48.5 Å². The van der Waals surface area contributed by atoms with Crippen molar-refractivity contribution in [1.29, 1.82) is 0 Å². The van der Waals surface area contributed by atoms with Crippen molar-refractivity contribution < 1.29 is 24.2 Å². The molecule has 2 aromatic rings. The summed E-state index contributed by atoms with van der Waals surface area (Å²) in [5.74, 6) is -0.0659. The zero-order valence-corrected chi connectivity index (χ0v) is 17.9. The molecule has 3 N–H and O–H groups in total. The minimum absolute atomic E-state index is 0.0972. The van der Waals surface area contributed by atoms with E-state index >= 15 is 0 Å². The van der Waals surface area contributed by atoms with Gasteiger partial charge >= 0.3 is 5.97 Å². The van der Waals surface area contributed by atoms with Gasteiger partial charge in [0.25, 0.3) is 0 Å². The second kappa shape index (κ2) is 11.6. The number of halogens is 1. The van der Waals surface area contributed by atoms with Crippen molar-refractivity contribution in [3.63, 3.8) is 0 Å². The Bertz CT molecular complexity index is 784. The number of hydrogen-bond donors (Lipinski definition) is 2. The van der Waals surface area contributed by atoms with Gasteiger partial charge in [0.2, 0.25) is 0 Å². The van der Waals surface area contributed by atoms with E-state index in [0.29, 0.717) is 28.4 Å². The molecule has 0 heterocycles. The van der Waals surface area contributed by atoms with Gasteiger partial charge in [0.05, 0.1) is 12.7 Å². The molecule has 0 atom stereocenters. The van der Waals surface area contributed by atoms with Crippen molar-refractivity contribution in [2.45, 2.75) is 39.4 Å². The quantitative estimate of drug-likeness (QED) is 0.523. The summed E-state index contributed by atoms with van der Waals surface area (Å²) >= 11 is 5.84. The van der Waals surface area contributed by atoms with E-state index in [-0.39, 0.29) is 18.5 Å². The van der Waals surface area contributed by atoms with Gasteiger partial charge < -0.3 is 20.3 Å². The molecule has 0 aliphatic rings. The van der Waals surface area contributed by atoms with Crippen LogP contribution in [0.2, 0.25) is 5.02 Å². The molecule has 0 aliphatic carbocycles. The van der Waals surface area contributed by atoms with Crippen LogP contribution in [0.25, 0.3) is 0 Å². The molecular formula is C22H28ClNO5. The summed E-state index contributed by atoms with van der Waals surface area (Å²) in [6.07, 6.45) is -0.213. The highest BCUT2D eigenvalue weighted by Gasteiger charge is 2.32. The van der Waals surface area contributed by atoms with E-state index in [0.717, 1.165) is 0 Å². The Morgan fingerprint density at radius 3 is 1.90 bits per heavy atom. The van der Waals surface area contributed by atoms with Gasteiger partial charge in [-0.25, -0.2) is 4.79 Å². The van der Waals surface area contributed by atoms with Gasteiger partial charge in [-0.15, -0.1) is 0 Å². The number of rotatable bonds is 7. The van der Waals surface area contributed by atoms with Crippen LogP contribution in [0.5, 0.6) is 5.75 Å². The summed E-state index contributed by atoms with van der Waals surface area (Å²) in [7, 11) is 0. The molecule has 6 nitrogen and oxygen atoms in total. The van der Waals surface area contributed by atoms with Gasteiger partial charge in [0.1, 0.15) is 5.75 Å². The molecule has 2 aromatic carbocycles. The van der Waals surface area contributed by atoms with E-state index in [1.807, 2.05) is 0 Å². The van der Waals surface area contributed by atoms with Gasteiger partial charge in [-0.3, -0.25) is 4.79 Å². The van der Waals surface area contributed by atoms with Gasteiger partial charge in [-0.05, 0) is 76.2 Å². The Kier molecular flexibility index (Phi) is 9.81. The highest BCUT2D eigenvalue weighted by molar-refractivity contribution is 6.30. The number of hydrogen-bond acceptors (Lipinski definition) is 6. The topological polar surface area (TPSA) is 98.9 Å². The molecule has 158 valence electrons. The number of nitrogens with two attached hydrogens (primary N) is 1. The van der Waals surface area contributed by atoms with Crippen molar-refractivity contribution in [2.75, 3.05) is 13.2 Å². The maximum atomic E-state index is 12.4. The van der Waals surface area contributed by atoms with Crippen molar-refractivity contribution in [1.82, 2.24) is 0 Å². The zero-order chi connectivity index (χ0) is 22.0. The fourth-order valence-corrected chi connectivity index (χ4v) is 2.26. The molecule has 0 spiro atoms. The number of ketones is 1. The van der Waals surface area contributed by atoms with Crippen LogP contribution >= 0.6 is 11.6 Å². The van der Waals surface area contributed by atoms with Crippen molar-refractivity contribution in [3.05, 3.63) is 64.7 Å². The number of ether oxygens (including phenoxy) is 2. The first kappa shape index (κ1) is 24.6. The van der Waals surface area contributed by atoms with E-state index < -0.39 is 11.6 Å². The molecule has 0 aromatic heterocycles. The summed E-state index contributed by atoms with van der Waals surface area (Å²) in [5, 5.41) is 8.33. The molecule has 0 unspecified atom stereocenters. The lowest BCUT2D eigenvalue weighted by molar-refractivity contribution is -0.163. The van der Waals surface area contributed by atoms with Crippen LogP contribution < -0.4 is 10.5 Å². The number of aliphatic hydroxyl groups excluding tert-OH is 1. The summed E-state index contributed by atoms with van der Waals surface area (Å²) in [6.45, 7) is 7.32. The lowest BCUT2D eigenvalue weighted by atomic mass is 10.0. The van der Waals surface area contributed by atoms with Crippen LogP contribution in [0.1, 0.15) is 43.6 Å². The molecule has 0 radical (unpaired) electrons. The lowest BCUT2D eigenvalue weighted by Crippen LogP contribution is -2.40. The SMILES string of the molecule is CC(C)OC(=O)C(C)(C)Oc1ccc(C(=O)c2ccc(Cl)cc2)cc1.NCCO. The summed E-state index contributed by atoms with van der Waals surface area (Å²) in [6, 6.07) is 13.4. The average molecular weight is 422 g/mol. The Labute approximate surface area is 176 Å². The fourth-order valence-electron chi connectivity index (χ4n) is 2.13. The zero-order valence-electron chi connectivity index (χ0n) is 17.1. The molecule has 7 heteroatoms. The van der Waals surface area contributed by atoms with E-state index in [9.17, 15) is 9.59 Å². The second-order valence-corrected chi connectivity index (χ2v) is 7.38. The van der Waals surface area contributed by atoms with Crippen LogP contribution in [-0.2, 0) is 9.53 Å². The molecular weight excluding hydrogens is 394 g/mol. The molecule has 0 fully saturated rings. The van der Waals surface area contributed by atoms with Crippen LogP contribution in [0.3, 0.4) is 0 Å². The third-order valence-electron chi connectivity index (χ3n) is 3.56. The predicted molar refractivity (Wildman–Crippen MR) is 113 cm³/mol. The number of aliphatic hydroxyl groups is 1. The van der Waals surface area contributed by atoms with E-state index in [2.05, 4.69) is 0 Å². The highest BCUT2D eigenvalue weighted by Crippen LogP contribution is 2.22. The average Bonchev–Trinajstić information content (AvgIpc) is 2.68. The largest absolute Gasteiger partial charge is 0.476 e. The number of esters is 1. The minimum Gasteiger partial charge on any atom is -0.476 e. The standard InChI is InChI=1S/C20H21ClO4.C2H7NO/c1-13(2)24-19(23)20(3,4)25-17-11-7-15(8-12-17)18(22)14-5-9-16(21)10-6-14;3-1-2-4/h5-13H,1-4H3;4H,1-3H2. The van der Waals surface area contributed by atoms with Gasteiger partial charge in [0, 0.05) is 22.7 Å². The van der Waals surface area contributed by atoms with Gasteiger partial charge in [0.15, 0.2) is 11.4 Å². The summed E-state index contributed by atoms with van der Waals surface area (Å²) in [4.78, 5) is 24.5. The Hall–Kier alpha value is -2.41. The van der Waals surface area contributed by atoms with E-state index in [1.54, 1.807) is 76.2 Å². The van der Waals surface area contributed by atoms with Crippen LogP contribution in [0.4, 0.5) is 0 Å². The molecule has 0 amide bonds. The minimum atomic E-state index is -1.12. The third-order valence-corrected chi connectivity index (χ3v) is 3.81. The van der Waals surface area contributed by atoms with Crippen molar-refractivity contribution in [3.8, 4) is 5.75 Å². The van der Waals surface area contributed by atoms with E-state index in [1.165, 1.54) is 0 Å². The van der Waals surface area contributed by atoms with Gasteiger partial charge in [-0.1, -0.05) is 11.6 Å². The number of benzene rings is 2. The number of carbonyl (C=O) groups excluding carboxylic acids is 2. The third kappa shape index (κ3) is 8.23. The Morgan fingerprint density at radius 1 is 1.03 bits per heavy atom. The monoisotopic (exact) mass is 421 g/mol. The number of carbonyl (C=O) groups is 2. The normalized spacial score (nSPS) is 10.8. The van der Waals surface area contributed by atoms with Crippen molar-refractivity contribution >= 4 is 23.4 Å². The molecule has 2 rings (SSSR count). The molecule has 0 saturated heterocycles. The molecule has 0 aliphatic heterocycles. The molecule has 0 bridgehead atoms. The summed E-state index contributed by atoms with van der Waals surface area (Å²) in [5.41, 5.74) is 4.74. The highest BCUT2D eigenvalue weighted by atomic mass is 35.5. The van der Waals surface area contributed by atoms with Crippen LogP contribution in [0, 0.1) is 0 Å². The molecule has 29 heavy (non-hydrogen) atoms.